The zero-order valence-corrected chi connectivity index (χ0v) is 96.2. The van der Waals surface area contributed by atoms with E-state index in [1.807, 2.05) is 158 Å². The molecule has 0 radical (unpaired) electrons. The van der Waals surface area contributed by atoms with E-state index in [-0.39, 0.29) is 62.4 Å². The van der Waals surface area contributed by atoms with Crippen LogP contribution in [0.5, 0.6) is 34.5 Å². The van der Waals surface area contributed by atoms with Crippen LogP contribution in [0.15, 0.2) is 224 Å². The smallest absolute Gasteiger partial charge is 0.188 e. The van der Waals surface area contributed by atoms with E-state index in [9.17, 15) is 30.6 Å². The van der Waals surface area contributed by atoms with Crippen LogP contribution in [0.1, 0.15) is 256 Å². The third kappa shape index (κ3) is 38.0. The summed E-state index contributed by atoms with van der Waals surface area (Å²) in [6, 6.07) is 76.3. The maximum Gasteiger partial charge on any atom is 0.188 e. The zero-order valence-electron chi connectivity index (χ0n) is 90.2. The van der Waals surface area contributed by atoms with Gasteiger partial charge in [-0.15, -0.1) is 0 Å². The summed E-state index contributed by atoms with van der Waals surface area (Å²) >= 11 is 0. The number of aliphatic hydroxyl groups is 6. The molecule has 0 aliphatic carbocycles. The lowest BCUT2D eigenvalue weighted by Crippen LogP contribution is -2.24. The Morgan fingerprint density at radius 3 is 0.839 bits per heavy atom. The minimum absolute atomic E-state index is 0.0296. The van der Waals surface area contributed by atoms with Gasteiger partial charge >= 0.3 is 0 Å². The number of hydrogen-bond acceptors (Lipinski definition) is 18. The van der Waals surface area contributed by atoms with Crippen LogP contribution in [0, 0.1) is 48.5 Å². The van der Waals surface area contributed by atoms with Gasteiger partial charge in [0.05, 0.1) is 36.6 Å². The summed E-state index contributed by atoms with van der Waals surface area (Å²) in [6.45, 7) is 53.2. The molecule has 18 nitrogen and oxygen atoms in total. The highest BCUT2D eigenvalue weighted by Crippen LogP contribution is 2.41. The number of hydrogen-bond donors (Lipinski definition) is 6. The second kappa shape index (κ2) is 58.9. The Kier molecular flexibility index (Phi) is 50.0. The molecule has 12 aromatic carbocycles. The molecule has 24 heteroatoms. The zero-order chi connectivity index (χ0) is 106. The predicted octanol–water partition coefficient (Wildman–Crippen LogP) is 21.5. The highest BCUT2D eigenvalue weighted by molar-refractivity contribution is 7.57. The second-order valence-corrected chi connectivity index (χ2v) is 47.8. The van der Waals surface area contributed by atoms with Crippen molar-refractivity contribution < 1.29 is 87.5 Å². The lowest BCUT2D eigenvalue weighted by Gasteiger charge is -2.29. The average molecular weight is 2060 g/mol. The summed E-state index contributed by atoms with van der Waals surface area (Å²) in [7, 11) is 12.3. The topological polar surface area (TPSA) is 232 Å². The minimum atomic E-state index is -0.500. The van der Waals surface area contributed by atoms with Crippen molar-refractivity contribution in [3.8, 4) is 34.5 Å². The summed E-state index contributed by atoms with van der Waals surface area (Å²) in [5.41, 5.74) is 18.8. The molecule has 0 aromatic heterocycles. The van der Waals surface area contributed by atoms with Crippen molar-refractivity contribution in [1.82, 2.24) is 0 Å². The molecule has 6 N–H and O–H groups in total. The predicted molar refractivity (Wildman–Crippen MR) is 610 cm³/mol. The molecule has 12 aromatic rings. The maximum atomic E-state index is 10.2. The Labute approximate surface area is 865 Å². The quantitative estimate of drug-likeness (QED) is 0.0158. The summed E-state index contributed by atoms with van der Waals surface area (Å²) in [4.78, 5) is 0. The number of aliphatic hydroxyl groups excluding tert-OH is 6. The number of methoxy groups -OCH3 is 6. The van der Waals surface area contributed by atoms with E-state index in [1.54, 1.807) is 63.4 Å². The van der Waals surface area contributed by atoms with Gasteiger partial charge in [0, 0.05) is 85.6 Å². The number of para-hydroxylation sites is 2. The van der Waals surface area contributed by atoms with Crippen LogP contribution in [0.25, 0.3) is 0 Å². The van der Waals surface area contributed by atoms with Gasteiger partial charge in [0.2, 0.25) is 0 Å². The van der Waals surface area contributed by atoms with E-state index in [1.165, 1.54) is 33.4 Å². The fraction of sp³-hybridized carbons (Fsp3) is 0.395. The van der Waals surface area contributed by atoms with Gasteiger partial charge < -0.3 is 87.5 Å². The third-order valence-corrected chi connectivity index (χ3v) is 31.2. The Hall–Kier alpha value is -8.46. The molecule has 0 saturated heterocycles. The molecular weight excluding hydrogens is 1900 g/mol. The van der Waals surface area contributed by atoms with Gasteiger partial charge in [0.25, 0.3) is 0 Å². The van der Waals surface area contributed by atoms with Crippen LogP contribution in [-0.4, -0.2) is 114 Å². The van der Waals surface area contributed by atoms with E-state index in [0.717, 1.165) is 159 Å². The summed E-state index contributed by atoms with van der Waals surface area (Å²) in [5.74, 6) is 5.27. The van der Waals surface area contributed by atoms with Crippen LogP contribution < -0.4 is 92.1 Å². The number of aryl methyl sites for hydroxylation is 7. The van der Waals surface area contributed by atoms with Gasteiger partial charge in [0.1, 0.15) is 34.5 Å². The van der Waals surface area contributed by atoms with Crippen LogP contribution in [-0.2, 0) is 50.1 Å². The third-order valence-electron chi connectivity index (χ3n) is 23.0. The van der Waals surface area contributed by atoms with E-state index in [0.29, 0.717) is 51.5 Å². The molecule has 0 heterocycles. The Balaban J connectivity index is 0.000000233. The first-order chi connectivity index (χ1) is 67.6. The molecule has 12 unspecified atom stereocenters. The molecule has 12 atom stereocenters. The Bertz CT molecular complexity index is 5910. The lowest BCUT2D eigenvalue weighted by molar-refractivity contribution is 0.0504. The molecule has 0 spiro atoms. The van der Waals surface area contributed by atoms with Crippen molar-refractivity contribution >= 4 is 115 Å². The minimum Gasteiger partial charge on any atom is -0.467 e. The van der Waals surface area contributed by atoms with Crippen LogP contribution in [0.3, 0.4) is 0 Å². The fourth-order valence-electron chi connectivity index (χ4n) is 15.6. The average Bonchev–Trinajstić information content (AvgIpc) is 0.781. The highest BCUT2D eigenvalue weighted by Gasteiger charge is 2.30. The van der Waals surface area contributed by atoms with Crippen LogP contribution >= 0.6 is 51.5 Å². The van der Waals surface area contributed by atoms with Gasteiger partial charge in [-0.2, -0.15) is 0 Å². The summed E-state index contributed by atoms with van der Waals surface area (Å²) in [6.07, 6.45) is -2.90. The van der Waals surface area contributed by atoms with Crippen LogP contribution in [0.4, 0.5) is 0 Å². The van der Waals surface area contributed by atoms with E-state index < -0.39 is 36.6 Å². The van der Waals surface area contributed by atoms with Crippen molar-refractivity contribution in [3.05, 3.63) is 319 Å². The standard InChI is InChI=1S/C24H35O3P.2C21H29O3P.2C18H23O3P.C17H21O3P/c1-16(25)18-11-9-10-12-20(18)28-21-14-17(23(2,3)4)13-19(24(5,6)7)22(21)27-15-26-8;1-14-11-16(21(3,4)5)12-19(20(14)24-13-23-6)25-18-10-8-7-9-17(18)15(2)22;1-14-11-17(21(3,4)5)20(24-13-23-6)19(12-14)25-18-10-8-7-9-16(18)15(2)22;1-12-8-9-16(15(10-12)14(3)19)22-17-7-5-6-13(2)18(17)21-11-20-4;1-12-9-13(2)18(21-11-20-4)17(10-12)22-16-8-6-5-7-15(16)14(3)19;1-12-8-9-16(14(10-12)13(2)18)21-17-7-5-4-6-15(17)20-11-19-3/h9-14,16,25,28H,15H2,1-8H3;2*7-12,15,22,25H,13H2,1-6H3;2*5-10,14,19,22H,11H2,1-4H3;4-10,13,18,21H,11H2,1-3H3. The molecule has 0 fully saturated rings. The molecule has 0 aliphatic heterocycles. The van der Waals surface area contributed by atoms with Crippen molar-refractivity contribution in [2.45, 2.75) is 231 Å². The van der Waals surface area contributed by atoms with Gasteiger partial charge in [0.15, 0.2) is 40.8 Å². The van der Waals surface area contributed by atoms with Crippen molar-refractivity contribution in [2.75, 3.05) is 83.4 Å². The molecule has 0 bridgehead atoms. The van der Waals surface area contributed by atoms with Gasteiger partial charge in [-0.1, -0.05) is 340 Å². The maximum absolute atomic E-state index is 10.2. The number of benzene rings is 12. The van der Waals surface area contributed by atoms with Crippen molar-refractivity contribution in [1.29, 1.82) is 0 Å². The lowest BCUT2D eigenvalue weighted by atomic mass is 9.80. The highest BCUT2D eigenvalue weighted by atomic mass is 31.1. The summed E-state index contributed by atoms with van der Waals surface area (Å²) in [5, 5.41) is 74.0. The molecule has 774 valence electrons. The Morgan fingerprint density at radius 2 is 0.483 bits per heavy atom. The monoisotopic (exact) mass is 2060 g/mol. The fourth-order valence-corrected chi connectivity index (χ4v) is 24.5. The molecule has 0 amide bonds. The molecule has 12 rings (SSSR count). The Morgan fingerprint density at radius 1 is 0.217 bits per heavy atom. The normalized spacial score (nSPS) is 13.2. The first-order valence-electron chi connectivity index (χ1n) is 48.4. The first-order valence-corrected chi connectivity index (χ1v) is 54.4. The SMILES string of the molecule is COCOc1c(C)cc(C(C)(C)C)cc1Pc1ccccc1C(C)O.COCOc1c(C)cc(C)cc1Pc1ccccc1C(C)O.COCOc1c(C)cccc1Pc1ccc(C)cc1C(C)O.COCOc1c(Pc2ccccc2C(C)O)cc(C(C)(C)C)cc1C(C)(C)C.COCOc1c(Pc2ccccc2C(C)O)cc(C)cc1C(C)(C)C.COCOc1ccccc1Pc1ccc(C)cc1C(C)O. The van der Waals surface area contributed by atoms with E-state index >= 15 is 0 Å². The molecule has 0 saturated carbocycles. The van der Waals surface area contributed by atoms with Gasteiger partial charge in [-0.25, -0.2) is 0 Å². The molecular formula is C119H160O18P6. The molecule has 143 heavy (non-hydrogen) atoms. The second-order valence-electron chi connectivity index (χ2n) is 39.8. The van der Waals surface area contributed by atoms with Gasteiger partial charge in [-0.05, 0) is 246 Å². The van der Waals surface area contributed by atoms with Crippen LogP contribution in [0.2, 0.25) is 0 Å². The number of ether oxygens (including phenoxy) is 12. The van der Waals surface area contributed by atoms with Crippen molar-refractivity contribution in [3.63, 3.8) is 0 Å². The summed E-state index contributed by atoms with van der Waals surface area (Å²) < 4.78 is 65.6. The van der Waals surface area contributed by atoms with E-state index in [2.05, 4.69) is 219 Å². The molecule has 0 aliphatic rings. The van der Waals surface area contributed by atoms with E-state index in [4.69, 9.17) is 56.8 Å². The largest absolute Gasteiger partial charge is 0.467 e. The first kappa shape index (κ1) is 121. The number of rotatable bonds is 36. The van der Waals surface area contributed by atoms with Gasteiger partial charge in [-0.3, -0.25) is 0 Å². The van der Waals surface area contributed by atoms with Crippen molar-refractivity contribution in [2.24, 2.45) is 0 Å².